The van der Waals surface area contributed by atoms with Crippen LogP contribution in [0.5, 0.6) is 0 Å². The third-order valence-corrected chi connectivity index (χ3v) is 3.32. The molecule has 0 saturated carbocycles. The lowest BCUT2D eigenvalue weighted by Gasteiger charge is -2.27. The van der Waals surface area contributed by atoms with Crippen molar-refractivity contribution in [1.29, 1.82) is 0 Å². The molecular weight excluding hydrogens is 202 g/mol. The average Bonchev–Trinajstić information content (AvgIpc) is 2.33. The van der Waals surface area contributed by atoms with E-state index in [1.54, 1.807) is 0 Å². The molecule has 2 rings (SSSR count). The van der Waals surface area contributed by atoms with Crippen molar-refractivity contribution in [3.05, 3.63) is 29.3 Å². The number of benzene rings is 1. The summed E-state index contributed by atoms with van der Waals surface area (Å²) < 4.78 is 5.39. The number of hydrogen-bond acceptors (Lipinski definition) is 3. The predicted octanol–water partition coefficient (Wildman–Crippen LogP) is 2.04. The number of hydrogen-bond donors (Lipinski definition) is 2. The summed E-state index contributed by atoms with van der Waals surface area (Å²) in [5, 5.41) is 10.3. The van der Waals surface area contributed by atoms with E-state index in [9.17, 15) is 5.11 Å². The number of nitrogens with two attached hydrogens (primary N) is 1. The van der Waals surface area contributed by atoms with Crippen LogP contribution in [-0.4, -0.2) is 18.3 Å². The fourth-order valence-corrected chi connectivity index (χ4v) is 2.23. The molecule has 1 heterocycles. The number of rotatable bonds is 2. The molecule has 2 atom stereocenters. The Balaban J connectivity index is 2.19. The van der Waals surface area contributed by atoms with Gasteiger partial charge in [0.05, 0.1) is 12.7 Å². The molecule has 0 aromatic heterocycles. The van der Waals surface area contributed by atoms with Gasteiger partial charge in [0.1, 0.15) is 0 Å². The molecule has 1 aliphatic heterocycles. The van der Waals surface area contributed by atoms with Crippen LogP contribution in [0.25, 0.3) is 0 Å². The average molecular weight is 221 g/mol. The second-order valence-electron chi connectivity index (χ2n) is 4.50. The van der Waals surface area contributed by atoms with Gasteiger partial charge in [-0.15, -0.1) is 0 Å². The molecule has 0 aliphatic carbocycles. The molecule has 3 nitrogen and oxygen atoms in total. The summed E-state index contributed by atoms with van der Waals surface area (Å²) in [6, 6.07) is 5.80. The molecule has 0 bridgehead atoms. The molecule has 1 aromatic rings. The molecule has 0 spiro atoms. The van der Waals surface area contributed by atoms with Gasteiger partial charge in [-0.25, -0.2) is 0 Å². The van der Waals surface area contributed by atoms with Gasteiger partial charge in [0.25, 0.3) is 0 Å². The predicted molar refractivity (Wildman–Crippen MR) is 64.1 cm³/mol. The van der Waals surface area contributed by atoms with Gasteiger partial charge in [0.15, 0.2) is 0 Å². The number of nitrogen functional groups attached to an aromatic ring is 1. The summed E-state index contributed by atoms with van der Waals surface area (Å²) in [6.45, 7) is 3.41. The van der Waals surface area contributed by atoms with E-state index in [2.05, 4.69) is 0 Å². The maximum absolute atomic E-state index is 10.3. The van der Waals surface area contributed by atoms with E-state index in [0.29, 0.717) is 12.3 Å². The second kappa shape index (κ2) is 4.85. The van der Waals surface area contributed by atoms with Crippen molar-refractivity contribution in [2.24, 2.45) is 5.92 Å². The van der Waals surface area contributed by atoms with Crippen LogP contribution in [0.1, 0.15) is 30.1 Å². The van der Waals surface area contributed by atoms with Gasteiger partial charge in [-0.1, -0.05) is 18.2 Å². The number of aryl methyl sites for hydroxylation is 1. The zero-order chi connectivity index (χ0) is 11.5. The lowest BCUT2D eigenvalue weighted by atomic mass is 9.89. The smallest absolute Gasteiger partial charge is 0.0860 e. The van der Waals surface area contributed by atoms with Gasteiger partial charge in [-0.3, -0.25) is 0 Å². The third-order valence-electron chi connectivity index (χ3n) is 3.32. The summed E-state index contributed by atoms with van der Waals surface area (Å²) >= 11 is 0. The molecule has 3 heteroatoms. The first-order chi connectivity index (χ1) is 7.70. The van der Waals surface area contributed by atoms with Crippen molar-refractivity contribution in [3.63, 3.8) is 0 Å². The maximum Gasteiger partial charge on any atom is 0.0860 e. The minimum atomic E-state index is -0.500. The molecule has 0 radical (unpaired) electrons. The molecule has 1 aromatic carbocycles. The lowest BCUT2D eigenvalue weighted by molar-refractivity contribution is -0.00970. The Kier molecular flexibility index (Phi) is 3.46. The Morgan fingerprint density at radius 2 is 2.31 bits per heavy atom. The van der Waals surface area contributed by atoms with E-state index < -0.39 is 6.10 Å². The number of para-hydroxylation sites is 1. The molecule has 1 aliphatic rings. The third kappa shape index (κ3) is 2.20. The van der Waals surface area contributed by atoms with Crippen LogP contribution in [0.2, 0.25) is 0 Å². The van der Waals surface area contributed by atoms with E-state index in [1.807, 2.05) is 25.1 Å². The Morgan fingerprint density at radius 3 is 3.00 bits per heavy atom. The Bertz CT molecular complexity index is 359. The summed E-state index contributed by atoms with van der Waals surface area (Å²) in [6.07, 6.45) is 1.53. The Hall–Kier alpha value is -1.06. The molecular formula is C13H19NO2. The standard InChI is InChI=1S/C13H19NO2/c1-9-4-2-6-11(12(9)14)13(15)10-5-3-7-16-8-10/h2,4,6,10,13,15H,3,5,7-8,14H2,1H3. The minimum Gasteiger partial charge on any atom is -0.398 e. The maximum atomic E-state index is 10.3. The monoisotopic (exact) mass is 221 g/mol. The number of aliphatic hydroxyl groups excluding tert-OH is 1. The van der Waals surface area contributed by atoms with Crippen molar-refractivity contribution >= 4 is 5.69 Å². The Labute approximate surface area is 96.2 Å². The quantitative estimate of drug-likeness (QED) is 0.751. The fourth-order valence-electron chi connectivity index (χ4n) is 2.23. The highest BCUT2D eigenvalue weighted by Gasteiger charge is 2.25. The van der Waals surface area contributed by atoms with Crippen molar-refractivity contribution in [2.75, 3.05) is 18.9 Å². The number of aliphatic hydroxyl groups is 1. The van der Waals surface area contributed by atoms with Crippen LogP contribution in [0.3, 0.4) is 0 Å². The van der Waals surface area contributed by atoms with Crippen LogP contribution >= 0.6 is 0 Å². The number of ether oxygens (including phenoxy) is 1. The van der Waals surface area contributed by atoms with Crippen molar-refractivity contribution in [3.8, 4) is 0 Å². The second-order valence-corrected chi connectivity index (χ2v) is 4.50. The van der Waals surface area contributed by atoms with Gasteiger partial charge < -0.3 is 15.6 Å². The van der Waals surface area contributed by atoms with Gasteiger partial charge >= 0.3 is 0 Å². The van der Waals surface area contributed by atoms with Crippen LogP contribution < -0.4 is 5.73 Å². The van der Waals surface area contributed by atoms with Gasteiger partial charge in [0, 0.05) is 23.8 Å². The van der Waals surface area contributed by atoms with Gasteiger partial charge in [-0.05, 0) is 25.3 Å². The highest BCUT2D eigenvalue weighted by atomic mass is 16.5. The topological polar surface area (TPSA) is 55.5 Å². The summed E-state index contributed by atoms with van der Waals surface area (Å²) in [7, 11) is 0. The van der Waals surface area contributed by atoms with E-state index in [4.69, 9.17) is 10.5 Å². The molecule has 1 saturated heterocycles. The molecule has 88 valence electrons. The Morgan fingerprint density at radius 1 is 1.50 bits per heavy atom. The zero-order valence-corrected chi connectivity index (χ0v) is 9.65. The van der Waals surface area contributed by atoms with E-state index in [1.165, 1.54) is 0 Å². The SMILES string of the molecule is Cc1cccc(C(O)C2CCCOC2)c1N. The van der Waals surface area contributed by atoms with E-state index in [-0.39, 0.29) is 5.92 Å². The first kappa shape index (κ1) is 11.4. The van der Waals surface area contributed by atoms with Crippen molar-refractivity contribution < 1.29 is 9.84 Å². The molecule has 3 N–H and O–H groups in total. The normalized spacial score (nSPS) is 23.0. The van der Waals surface area contributed by atoms with Crippen LogP contribution in [0, 0.1) is 12.8 Å². The first-order valence-corrected chi connectivity index (χ1v) is 5.81. The van der Waals surface area contributed by atoms with Crippen LogP contribution in [0.4, 0.5) is 5.69 Å². The number of anilines is 1. The summed E-state index contributed by atoms with van der Waals surface area (Å²) in [5.41, 5.74) is 8.56. The highest BCUT2D eigenvalue weighted by Crippen LogP contribution is 2.32. The highest BCUT2D eigenvalue weighted by molar-refractivity contribution is 5.54. The zero-order valence-electron chi connectivity index (χ0n) is 9.65. The molecule has 2 unspecified atom stereocenters. The van der Waals surface area contributed by atoms with E-state index in [0.717, 1.165) is 30.6 Å². The van der Waals surface area contributed by atoms with Crippen LogP contribution in [-0.2, 0) is 4.74 Å². The van der Waals surface area contributed by atoms with Crippen LogP contribution in [0.15, 0.2) is 18.2 Å². The van der Waals surface area contributed by atoms with E-state index >= 15 is 0 Å². The first-order valence-electron chi connectivity index (χ1n) is 5.81. The van der Waals surface area contributed by atoms with Crippen molar-refractivity contribution in [1.82, 2.24) is 0 Å². The lowest BCUT2D eigenvalue weighted by Crippen LogP contribution is -2.24. The largest absolute Gasteiger partial charge is 0.398 e. The minimum absolute atomic E-state index is 0.179. The summed E-state index contributed by atoms with van der Waals surface area (Å²) in [5.74, 6) is 0.179. The van der Waals surface area contributed by atoms with Crippen molar-refractivity contribution in [2.45, 2.75) is 25.9 Å². The fraction of sp³-hybridized carbons (Fsp3) is 0.538. The molecule has 0 amide bonds. The summed E-state index contributed by atoms with van der Waals surface area (Å²) in [4.78, 5) is 0. The van der Waals surface area contributed by atoms with Gasteiger partial charge in [0.2, 0.25) is 0 Å². The molecule has 1 fully saturated rings. The van der Waals surface area contributed by atoms with Gasteiger partial charge in [-0.2, -0.15) is 0 Å². The molecule has 16 heavy (non-hydrogen) atoms.